The molecular weight excluding hydrogens is 232 g/mol. The van der Waals surface area contributed by atoms with Gasteiger partial charge in [-0.25, -0.2) is 0 Å². The van der Waals surface area contributed by atoms with Gasteiger partial charge in [0, 0.05) is 18.6 Å². The molecule has 2 atom stereocenters. The molecule has 1 saturated heterocycles. The van der Waals surface area contributed by atoms with Crippen LogP contribution in [0.5, 0.6) is 0 Å². The summed E-state index contributed by atoms with van der Waals surface area (Å²) in [4.78, 5) is 2.83. The van der Waals surface area contributed by atoms with Crippen LogP contribution in [0.2, 0.25) is 0 Å². The third-order valence-electron chi connectivity index (χ3n) is 5.67. The Hall–Kier alpha value is -0.0800. The third kappa shape index (κ3) is 3.95. The van der Waals surface area contributed by atoms with Gasteiger partial charge in [0.15, 0.2) is 0 Å². The number of rotatable bonds is 5. The molecule has 112 valence electrons. The van der Waals surface area contributed by atoms with Crippen molar-refractivity contribution in [2.75, 3.05) is 19.6 Å². The first-order chi connectivity index (χ1) is 9.28. The smallest absolute Gasteiger partial charge is 0.0119 e. The molecule has 0 aromatic heterocycles. The molecule has 1 heterocycles. The molecule has 0 spiro atoms. The molecule has 1 saturated carbocycles. The van der Waals surface area contributed by atoms with Crippen LogP contribution in [0, 0.1) is 11.8 Å². The molecule has 19 heavy (non-hydrogen) atoms. The van der Waals surface area contributed by atoms with Crippen molar-refractivity contribution in [3.8, 4) is 0 Å². The summed E-state index contributed by atoms with van der Waals surface area (Å²) in [7, 11) is 0. The van der Waals surface area contributed by atoms with Gasteiger partial charge in [0.05, 0.1) is 0 Å². The fourth-order valence-corrected chi connectivity index (χ4v) is 4.25. The summed E-state index contributed by atoms with van der Waals surface area (Å²) < 4.78 is 0. The molecule has 2 rings (SSSR count). The van der Waals surface area contributed by atoms with Crippen LogP contribution in [0.15, 0.2) is 0 Å². The highest BCUT2D eigenvalue weighted by molar-refractivity contribution is 4.89. The largest absolute Gasteiger partial charge is 0.314 e. The number of nitrogens with one attached hydrogen (secondary N) is 1. The van der Waals surface area contributed by atoms with Crippen molar-refractivity contribution in [2.45, 2.75) is 77.8 Å². The Labute approximate surface area is 120 Å². The van der Waals surface area contributed by atoms with E-state index in [0.29, 0.717) is 0 Å². The van der Waals surface area contributed by atoms with Crippen LogP contribution in [0.4, 0.5) is 0 Å². The zero-order valence-corrected chi connectivity index (χ0v) is 13.3. The molecule has 2 fully saturated rings. The standard InChI is InChI=1S/C17H34N2/c1-4-14-7-9-16(10-8-14)19-12-11-17(18-6-3)15(5-2)13-19/h14-18H,4-13H2,1-3H3. The Kier molecular flexibility index (Phi) is 6.15. The lowest BCUT2D eigenvalue weighted by atomic mass is 9.82. The lowest BCUT2D eigenvalue weighted by Crippen LogP contribution is -2.52. The average molecular weight is 266 g/mol. The summed E-state index contributed by atoms with van der Waals surface area (Å²) in [5.41, 5.74) is 0. The van der Waals surface area contributed by atoms with E-state index in [9.17, 15) is 0 Å². The molecule has 2 heteroatoms. The number of hydrogen-bond acceptors (Lipinski definition) is 2. The Morgan fingerprint density at radius 1 is 0.947 bits per heavy atom. The van der Waals surface area contributed by atoms with E-state index in [-0.39, 0.29) is 0 Å². The molecule has 2 aliphatic rings. The van der Waals surface area contributed by atoms with E-state index >= 15 is 0 Å². The summed E-state index contributed by atoms with van der Waals surface area (Å²) in [6.45, 7) is 10.8. The van der Waals surface area contributed by atoms with E-state index in [1.165, 1.54) is 58.0 Å². The summed E-state index contributed by atoms with van der Waals surface area (Å²) in [5, 5.41) is 3.70. The van der Waals surface area contributed by atoms with Crippen molar-refractivity contribution in [3.05, 3.63) is 0 Å². The number of nitrogens with zero attached hydrogens (tertiary/aromatic N) is 1. The van der Waals surface area contributed by atoms with Crippen LogP contribution in [0.1, 0.15) is 65.7 Å². The molecule has 2 unspecified atom stereocenters. The molecule has 0 aromatic rings. The predicted molar refractivity (Wildman–Crippen MR) is 83.5 cm³/mol. The summed E-state index contributed by atoms with van der Waals surface area (Å²) >= 11 is 0. The summed E-state index contributed by atoms with van der Waals surface area (Å²) in [5.74, 6) is 1.90. The van der Waals surface area contributed by atoms with E-state index in [2.05, 4.69) is 31.0 Å². The maximum atomic E-state index is 3.70. The average Bonchev–Trinajstić information content (AvgIpc) is 2.48. The van der Waals surface area contributed by atoms with E-state index in [1.54, 1.807) is 0 Å². The first kappa shape index (κ1) is 15.3. The van der Waals surface area contributed by atoms with Crippen LogP contribution in [-0.2, 0) is 0 Å². The first-order valence-electron chi connectivity index (χ1n) is 8.75. The fraction of sp³-hybridized carbons (Fsp3) is 1.00. The third-order valence-corrected chi connectivity index (χ3v) is 5.67. The van der Waals surface area contributed by atoms with Crippen molar-refractivity contribution in [1.82, 2.24) is 10.2 Å². The molecular formula is C17H34N2. The minimum Gasteiger partial charge on any atom is -0.314 e. The minimum absolute atomic E-state index is 0.776. The number of hydrogen-bond donors (Lipinski definition) is 1. The zero-order chi connectivity index (χ0) is 13.7. The minimum atomic E-state index is 0.776. The fourth-order valence-electron chi connectivity index (χ4n) is 4.25. The van der Waals surface area contributed by atoms with Crippen LogP contribution in [0.3, 0.4) is 0 Å². The molecule has 0 aromatic carbocycles. The lowest BCUT2D eigenvalue weighted by molar-refractivity contribution is 0.0672. The van der Waals surface area contributed by atoms with Gasteiger partial charge in [-0.1, -0.05) is 33.6 Å². The van der Waals surface area contributed by atoms with Gasteiger partial charge in [-0.15, -0.1) is 0 Å². The molecule has 1 aliphatic carbocycles. The highest BCUT2D eigenvalue weighted by Crippen LogP contribution is 2.32. The van der Waals surface area contributed by atoms with Crippen molar-refractivity contribution in [2.24, 2.45) is 11.8 Å². The second-order valence-corrected chi connectivity index (χ2v) is 6.70. The lowest BCUT2D eigenvalue weighted by Gasteiger charge is -2.44. The van der Waals surface area contributed by atoms with Crippen LogP contribution in [-0.4, -0.2) is 36.6 Å². The molecule has 0 radical (unpaired) electrons. The van der Waals surface area contributed by atoms with Gasteiger partial charge in [0.25, 0.3) is 0 Å². The molecule has 0 bridgehead atoms. The Balaban J connectivity index is 1.83. The van der Waals surface area contributed by atoms with E-state index in [0.717, 1.165) is 30.5 Å². The summed E-state index contributed by atoms with van der Waals surface area (Å²) in [6.07, 6.45) is 9.96. The van der Waals surface area contributed by atoms with E-state index in [4.69, 9.17) is 0 Å². The summed E-state index contributed by atoms with van der Waals surface area (Å²) in [6, 6.07) is 1.68. The van der Waals surface area contributed by atoms with Crippen LogP contribution in [0.25, 0.3) is 0 Å². The van der Waals surface area contributed by atoms with Crippen LogP contribution < -0.4 is 5.32 Å². The Morgan fingerprint density at radius 3 is 2.26 bits per heavy atom. The van der Waals surface area contributed by atoms with Crippen molar-refractivity contribution >= 4 is 0 Å². The molecule has 1 aliphatic heterocycles. The maximum Gasteiger partial charge on any atom is 0.0119 e. The first-order valence-corrected chi connectivity index (χ1v) is 8.75. The highest BCUT2D eigenvalue weighted by atomic mass is 15.2. The second kappa shape index (κ2) is 7.64. The quantitative estimate of drug-likeness (QED) is 0.817. The van der Waals surface area contributed by atoms with Crippen molar-refractivity contribution < 1.29 is 0 Å². The Morgan fingerprint density at radius 2 is 1.68 bits per heavy atom. The monoisotopic (exact) mass is 266 g/mol. The van der Waals surface area contributed by atoms with Gasteiger partial charge < -0.3 is 5.32 Å². The second-order valence-electron chi connectivity index (χ2n) is 6.70. The molecule has 0 amide bonds. The predicted octanol–water partition coefficient (Wildman–Crippen LogP) is 3.67. The highest BCUT2D eigenvalue weighted by Gasteiger charge is 2.32. The topological polar surface area (TPSA) is 15.3 Å². The normalized spacial score (nSPS) is 37.4. The van der Waals surface area contributed by atoms with Gasteiger partial charge in [0.2, 0.25) is 0 Å². The van der Waals surface area contributed by atoms with Crippen molar-refractivity contribution in [3.63, 3.8) is 0 Å². The van der Waals surface area contributed by atoms with Gasteiger partial charge in [-0.3, -0.25) is 4.90 Å². The Bertz CT molecular complexity index is 246. The van der Waals surface area contributed by atoms with Gasteiger partial charge >= 0.3 is 0 Å². The number of piperidine rings is 1. The van der Waals surface area contributed by atoms with Crippen LogP contribution >= 0.6 is 0 Å². The maximum absolute atomic E-state index is 3.70. The number of likely N-dealkylation sites (tertiary alicyclic amines) is 1. The molecule has 2 nitrogen and oxygen atoms in total. The van der Waals surface area contributed by atoms with Gasteiger partial charge in [-0.05, 0) is 57.0 Å². The van der Waals surface area contributed by atoms with Gasteiger partial charge in [-0.2, -0.15) is 0 Å². The van der Waals surface area contributed by atoms with E-state index < -0.39 is 0 Å². The molecule has 1 N–H and O–H groups in total. The van der Waals surface area contributed by atoms with E-state index in [1.807, 2.05) is 0 Å². The van der Waals surface area contributed by atoms with Gasteiger partial charge in [0.1, 0.15) is 0 Å². The zero-order valence-electron chi connectivity index (χ0n) is 13.3. The SMILES string of the molecule is CCNC1CCN(C2CCC(CC)CC2)CC1CC. The van der Waals surface area contributed by atoms with Crippen molar-refractivity contribution in [1.29, 1.82) is 0 Å².